The quantitative estimate of drug-likeness (QED) is 0.409. The molecule has 6 nitrogen and oxygen atoms in total. The summed E-state index contributed by atoms with van der Waals surface area (Å²) in [5.41, 5.74) is 2.17. The van der Waals surface area contributed by atoms with Crippen LogP contribution in [0.1, 0.15) is 18.9 Å². The van der Waals surface area contributed by atoms with Crippen LogP contribution in [0.2, 0.25) is 0 Å². The lowest BCUT2D eigenvalue weighted by molar-refractivity contribution is 0.335. The Bertz CT molecular complexity index is 800. The van der Waals surface area contributed by atoms with Crippen molar-refractivity contribution in [2.24, 2.45) is 0 Å². The topological polar surface area (TPSA) is 64.9 Å². The van der Waals surface area contributed by atoms with Crippen molar-refractivity contribution in [3.05, 3.63) is 60.2 Å². The number of thioether (sulfide) groups is 1. The summed E-state index contributed by atoms with van der Waals surface area (Å²) < 4.78 is 7.42. The normalized spacial score (nSPS) is 10.4. The van der Waals surface area contributed by atoms with Crippen molar-refractivity contribution in [2.75, 3.05) is 18.9 Å². The maximum Gasteiger partial charge on any atom is 0.214 e. The summed E-state index contributed by atoms with van der Waals surface area (Å²) in [6, 6.07) is 18.1. The third-order valence-corrected chi connectivity index (χ3v) is 4.76. The van der Waals surface area contributed by atoms with Crippen LogP contribution in [0.4, 0.5) is 0 Å². The van der Waals surface area contributed by atoms with Gasteiger partial charge in [0.15, 0.2) is 0 Å². The van der Waals surface area contributed by atoms with Crippen molar-refractivity contribution in [3.63, 3.8) is 0 Å². The number of rotatable bonds is 10. The maximum absolute atomic E-state index is 5.65. The molecule has 0 unspecified atom stereocenters. The van der Waals surface area contributed by atoms with Gasteiger partial charge in [-0.05, 0) is 48.5 Å². The van der Waals surface area contributed by atoms with Crippen LogP contribution >= 0.6 is 24.2 Å². The Balaban J connectivity index is 0.00000261. The smallest absolute Gasteiger partial charge is 0.214 e. The zero-order valence-corrected chi connectivity index (χ0v) is 16.9. The molecular weight excluding hydrogens is 382 g/mol. The molecule has 3 aromatic rings. The zero-order chi connectivity index (χ0) is 18.0. The van der Waals surface area contributed by atoms with E-state index in [2.05, 4.69) is 26.9 Å². The summed E-state index contributed by atoms with van der Waals surface area (Å²) >= 11 is 1.67. The predicted octanol–water partition coefficient (Wildman–Crippen LogP) is 3.75. The molecule has 1 heterocycles. The molecule has 0 bridgehead atoms. The van der Waals surface area contributed by atoms with Crippen molar-refractivity contribution in [3.8, 4) is 11.4 Å². The number of tetrazole rings is 1. The van der Waals surface area contributed by atoms with Crippen LogP contribution in [0.15, 0.2) is 59.8 Å². The monoisotopic (exact) mass is 405 g/mol. The second-order valence-electron chi connectivity index (χ2n) is 5.63. The first-order valence-electron chi connectivity index (χ1n) is 8.76. The molecule has 1 N–H and O–H groups in total. The lowest BCUT2D eigenvalue weighted by Gasteiger charge is -2.10. The van der Waals surface area contributed by atoms with Gasteiger partial charge in [0.2, 0.25) is 5.16 Å². The van der Waals surface area contributed by atoms with E-state index in [1.807, 2.05) is 55.5 Å². The first kappa shape index (κ1) is 21.2. The Morgan fingerprint density at radius 1 is 1.07 bits per heavy atom. The number of nitrogens with one attached hydrogen (secondary N) is 1. The molecule has 0 aliphatic carbocycles. The summed E-state index contributed by atoms with van der Waals surface area (Å²) in [6.07, 6.45) is 1.03. The van der Waals surface area contributed by atoms with Crippen molar-refractivity contribution >= 4 is 24.2 Å². The molecule has 144 valence electrons. The van der Waals surface area contributed by atoms with Gasteiger partial charge in [0.05, 0.1) is 12.3 Å². The van der Waals surface area contributed by atoms with Gasteiger partial charge in [-0.2, -0.15) is 4.68 Å². The van der Waals surface area contributed by atoms with Gasteiger partial charge in [-0.1, -0.05) is 48.2 Å². The fourth-order valence-corrected chi connectivity index (χ4v) is 3.36. The first-order chi connectivity index (χ1) is 12.9. The van der Waals surface area contributed by atoms with Crippen LogP contribution in [0.25, 0.3) is 5.69 Å². The molecule has 0 aliphatic rings. The predicted molar refractivity (Wildman–Crippen MR) is 111 cm³/mol. The largest absolute Gasteiger partial charge is 0.494 e. The average molecular weight is 406 g/mol. The van der Waals surface area contributed by atoms with E-state index in [1.54, 1.807) is 16.4 Å². The zero-order valence-electron chi connectivity index (χ0n) is 15.2. The Morgan fingerprint density at radius 2 is 1.85 bits per heavy atom. The number of benzene rings is 2. The highest BCUT2D eigenvalue weighted by atomic mass is 35.5. The summed E-state index contributed by atoms with van der Waals surface area (Å²) in [4.78, 5) is 0. The lowest BCUT2D eigenvalue weighted by Crippen LogP contribution is -2.16. The van der Waals surface area contributed by atoms with Gasteiger partial charge in [-0.15, -0.1) is 17.5 Å². The molecule has 1 aromatic heterocycles. The Kier molecular flexibility index (Phi) is 9.10. The number of aromatic nitrogens is 4. The molecule has 0 atom stereocenters. The number of hydrogen-bond donors (Lipinski definition) is 1. The van der Waals surface area contributed by atoms with Gasteiger partial charge in [-0.25, -0.2) is 0 Å². The molecule has 0 spiro atoms. The number of hydrogen-bond acceptors (Lipinski definition) is 6. The molecule has 0 fully saturated rings. The third kappa shape index (κ3) is 6.23. The number of halogens is 1. The molecular formula is C19H24ClN5OS. The molecule has 27 heavy (non-hydrogen) atoms. The first-order valence-corrected chi connectivity index (χ1v) is 9.75. The second kappa shape index (κ2) is 11.6. The van der Waals surface area contributed by atoms with Crippen molar-refractivity contribution in [2.45, 2.75) is 25.0 Å². The summed E-state index contributed by atoms with van der Waals surface area (Å²) in [7, 11) is 0. The van der Waals surface area contributed by atoms with Crippen LogP contribution in [0.5, 0.6) is 5.75 Å². The van der Waals surface area contributed by atoms with Crippen LogP contribution < -0.4 is 10.1 Å². The van der Waals surface area contributed by atoms with Gasteiger partial charge < -0.3 is 10.1 Å². The molecule has 0 saturated carbocycles. The van der Waals surface area contributed by atoms with Crippen LogP contribution in [0, 0.1) is 0 Å². The van der Waals surface area contributed by atoms with E-state index in [0.29, 0.717) is 6.61 Å². The van der Waals surface area contributed by atoms with E-state index in [0.717, 1.165) is 41.9 Å². The fourth-order valence-electron chi connectivity index (χ4n) is 2.53. The van der Waals surface area contributed by atoms with E-state index >= 15 is 0 Å². The SMILES string of the molecule is CCOc1ccccc1CNCCCSc1nnnn1-c1ccccc1.Cl. The maximum atomic E-state index is 5.65. The van der Waals surface area contributed by atoms with Gasteiger partial charge in [0, 0.05) is 17.9 Å². The van der Waals surface area contributed by atoms with Crippen molar-refractivity contribution < 1.29 is 4.74 Å². The summed E-state index contributed by atoms with van der Waals surface area (Å²) in [6.45, 7) is 4.43. The number of ether oxygens (including phenoxy) is 1. The second-order valence-corrected chi connectivity index (χ2v) is 6.69. The van der Waals surface area contributed by atoms with Crippen LogP contribution in [-0.2, 0) is 6.54 Å². The van der Waals surface area contributed by atoms with E-state index in [4.69, 9.17) is 4.74 Å². The minimum atomic E-state index is 0. The van der Waals surface area contributed by atoms with E-state index in [1.165, 1.54) is 5.56 Å². The van der Waals surface area contributed by atoms with Gasteiger partial charge >= 0.3 is 0 Å². The molecule has 0 aliphatic heterocycles. The number of nitrogens with zero attached hydrogens (tertiary/aromatic N) is 4. The molecule has 0 saturated heterocycles. The number of para-hydroxylation sites is 2. The standard InChI is InChI=1S/C19H23N5OS.ClH/c1-2-25-18-12-7-6-9-16(18)15-20-13-8-14-26-19-21-22-23-24(19)17-10-4-3-5-11-17;/h3-7,9-12,20H,2,8,13-15H2,1H3;1H. The average Bonchev–Trinajstić information content (AvgIpc) is 3.15. The van der Waals surface area contributed by atoms with E-state index in [-0.39, 0.29) is 12.4 Å². The molecule has 0 amide bonds. The highest BCUT2D eigenvalue weighted by Gasteiger charge is 2.08. The van der Waals surface area contributed by atoms with E-state index in [9.17, 15) is 0 Å². The Hall–Kier alpha value is -2.09. The highest BCUT2D eigenvalue weighted by molar-refractivity contribution is 7.99. The van der Waals surface area contributed by atoms with Crippen LogP contribution in [0.3, 0.4) is 0 Å². The van der Waals surface area contributed by atoms with Crippen LogP contribution in [-0.4, -0.2) is 39.1 Å². The molecule has 2 aromatic carbocycles. The summed E-state index contributed by atoms with van der Waals surface area (Å²) in [5, 5.41) is 16.3. The Morgan fingerprint density at radius 3 is 2.67 bits per heavy atom. The fraction of sp³-hybridized carbons (Fsp3) is 0.316. The highest BCUT2D eigenvalue weighted by Crippen LogP contribution is 2.19. The van der Waals surface area contributed by atoms with E-state index < -0.39 is 0 Å². The van der Waals surface area contributed by atoms with Gasteiger partial charge in [0.1, 0.15) is 5.75 Å². The van der Waals surface area contributed by atoms with Gasteiger partial charge in [-0.3, -0.25) is 0 Å². The molecule has 0 radical (unpaired) electrons. The Labute approximate surface area is 170 Å². The summed E-state index contributed by atoms with van der Waals surface area (Å²) in [5.74, 6) is 1.91. The third-order valence-electron chi connectivity index (χ3n) is 3.76. The minimum Gasteiger partial charge on any atom is -0.494 e. The minimum absolute atomic E-state index is 0. The van der Waals surface area contributed by atoms with Crippen molar-refractivity contribution in [1.82, 2.24) is 25.5 Å². The molecule has 3 rings (SSSR count). The van der Waals surface area contributed by atoms with Crippen molar-refractivity contribution in [1.29, 1.82) is 0 Å². The molecule has 8 heteroatoms. The van der Waals surface area contributed by atoms with Gasteiger partial charge in [0.25, 0.3) is 0 Å². The lowest BCUT2D eigenvalue weighted by atomic mass is 10.2.